The van der Waals surface area contributed by atoms with E-state index in [1.807, 2.05) is 18.5 Å². The lowest BCUT2D eigenvalue weighted by Gasteiger charge is -2.14. The number of pyridine rings is 1. The first-order valence-corrected chi connectivity index (χ1v) is 7.48. The molecule has 2 aromatic carbocycles. The fraction of sp³-hybridized carbons (Fsp3) is 0.211. The Morgan fingerprint density at radius 3 is 2.57 bits per heavy atom. The molecule has 1 aliphatic rings. The molecule has 3 aromatic rings. The van der Waals surface area contributed by atoms with Crippen LogP contribution in [0.4, 0.5) is 0 Å². The zero-order valence-electron chi connectivity index (χ0n) is 11.8. The fourth-order valence-corrected chi connectivity index (χ4v) is 3.33. The highest BCUT2D eigenvalue weighted by Crippen LogP contribution is 2.53. The summed E-state index contributed by atoms with van der Waals surface area (Å²) in [5.74, 6) is 1.13. The first-order chi connectivity index (χ1) is 10.3. The number of aromatic nitrogens is 1. The maximum absolute atomic E-state index is 6.55. The molecule has 0 aliphatic heterocycles. The Labute approximate surface area is 124 Å². The van der Waals surface area contributed by atoms with Gasteiger partial charge in [-0.2, -0.15) is 0 Å². The number of hydrogen-bond donors (Lipinski definition) is 1. The Balaban J connectivity index is 1.65. The monoisotopic (exact) mass is 274 g/mol. The fourth-order valence-electron chi connectivity index (χ4n) is 3.33. The molecule has 0 spiro atoms. The number of rotatable bonds is 3. The largest absolute Gasteiger partial charge is 0.324 e. The van der Waals surface area contributed by atoms with Crippen LogP contribution in [0.5, 0.6) is 0 Å². The van der Waals surface area contributed by atoms with Gasteiger partial charge in [0.05, 0.1) is 0 Å². The summed E-state index contributed by atoms with van der Waals surface area (Å²) in [6, 6.07) is 19.1. The van der Waals surface area contributed by atoms with Crippen LogP contribution in [-0.4, -0.2) is 4.98 Å². The molecule has 3 unspecified atom stereocenters. The van der Waals surface area contributed by atoms with Gasteiger partial charge in [0.1, 0.15) is 0 Å². The van der Waals surface area contributed by atoms with Crippen LogP contribution in [0.25, 0.3) is 10.8 Å². The van der Waals surface area contributed by atoms with E-state index in [0.717, 1.165) is 0 Å². The van der Waals surface area contributed by atoms with E-state index in [9.17, 15) is 0 Å². The molecule has 1 heterocycles. The number of nitrogens with zero attached hydrogens (tertiary/aromatic N) is 1. The third kappa shape index (κ3) is 2.22. The Morgan fingerprint density at radius 1 is 0.952 bits per heavy atom. The van der Waals surface area contributed by atoms with Crippen molar-refractivity contribution in [1.29, 1.82) is 0 Å². The van der Waals surface area contributed by atoms with E-state index in [-0.39, 0.29) is 6.04 Å². The molecule has 21 heavy (non-hydrogen) atoms. The van der Waals surface area contributed by atoms with Gasteiger partial charge < -0.3 is 5.73 Å². The Morgan fingerprint density at radius 2 is 1.71 bits per heavy atom. The number of hydrogen-bond acceptors (Lipinski definition) is 2. The van der Waals surface area contributed by atoms with Crippen molar-refractivity contribution in [3.8, 4) is 0 Å². The van der Waals surface area contributed by atoms with Crippen molar-refractivity contribution < 1.29 is 0 Å². The summed E-state index contributed by atoms with van der Waals surface area (Å²) in [6.45, 7) is 0. The topological polar surface area (TPSA) is 38.9 Å². The van der Waals surface area contributed by atoms with Crippen molar-refractivity contribution in [3.05, 3.63) is 78.1 Å². The van der Waals surface area contributed by atoms with Gasteiger partial charge >= 0.3 is 0 Å². The number of fused-ring (bicyclic) bond motifs is 1. The summed E-state index contributed by atoms with van der Waals surface area (Å²) in [5.41, 5.74) is 9.14. The van der Waals surface area contributed by atoms with E-state index in [2.05, 4.69) is 53.5 Å². The van der Waals surface area contributed by atoms with Crippen molar-refractivity contribution in [3.63, 3.8) is 0 Å². The van der Waals surface area contributed by atoms with E-state index in [4.69, 9.17) is 5.73 Å². The molecule has 0 bridgehead atoms. The summed E-state index contributed by atoms with van der Waals surface area (Å²) in [4.78, 5) is 4.36. The van der Waals surface area contributed by atoms with Gasteiger partial charge in [-0.1, -0.05) is 54.6 Å². The van der Waals surface area contributed by atoms with E-state index < -0.39 is 0 Å². The van der Waals surface area contributed by atoms with Gasteiger partial charge in [0, 0.05) is 23.8 Å². The van der Waals surface area contributed by atoms with Gasteiger partial charge in [-0.15, -0.1) is 0 Å². The maximum atomic E-state index is 6.55. The van der Waals surface area contributed by atoms with Crippen LogP contribution in [0, 0.1) is 5.92 Å². The van der Waals surface area contributed by atoms with Gasteiger partial charge in [0.2, 0.25) is 0 Å². The SMILES string of the molecule is NC(c1cncc2ccccc12)C1CC1c1ccccc1. The van der Waals surface area contributed by atoms with Gasteiger partial charge in [-0.3, -0.25) is 4.98 Å². The van der Waals surface area contributed by atoms with Crippen LogP contribution in [0.3, 0.4) is 0 Å². The minimum Gasteiger partial charge on any atom is -0.324 e. The highest BCUT2D eigenvalue weighted by atomic mass is 14.7. The van der Waals surface area contributed by atoms with Crippen LogP contribution in [0.15, 0.2) is 67.0 Å². The molecule has 0 radical (unpaired) electrons. The van der Waals surface area contributed by atoms with Crippen LogP contribution in [0.1, 0.15) is 29.5 Å². The smallest absolute Gasteiger partial charge is 0.0351 e. The average molecular weight is 274 g/mol. The van der Waals surface area contributed by atoms with E-state index >= 15 is 0 Å². The molecule has 1 aromatic heterocycles. The summed E-state index contributed by atoms with van der Waals surface area (Å²) >= 11 is 0. The predicted octanol–water partition coefficient (Wildman–Crippen LogP) is 4.04. The molecular weight excluding hydrogens is 256 g/mol. The molecule has 2 heteroatoms. The van der Waals surface area contributed by atoms with Crippen molar-refractivity contribution in [2.45, 2.75) is 18.4 Å². The summed E-state index contributed by atoms with van der Waals surface area (Å²) in [7, 11) is 0. The lowest BCUT2D eigenvalue weighted by Crippen LogP contribution is -2.14. The Bertz CT molecular complexity index is 761. The maximum Gasteiger partial charge on any atom is 0.0351 e. The minimum atomic E-state index is 0.0637. The van der Waals surface area contributed by atoms with Crippen LogP contribution < -0.4 is 5.73 Å². The van der Waals surface area contributed by atoms with Gasteiger partial charge in [0.25, 0.3) is 0 Å². The lowest BCUT2D eigenvalue weighted by molar-refractivity contribution is 0.618. The van der Waals surface area contributed by atoms with Gasteiger partial charge in [-0.05, 0) is 34.8 Å². The van der Waals surface area contributed by atoms with Crippen molar-refractivity contribution in [1.82, 2.24) is 4.98 Å². The van der Waals surface area contributed by atoms with E-state index in [0.29, 0.717) is 11.8 Å². The molecule has 3 atom stereocenters. The molecule has 2 nitrogen and oxygen atoms in total. The molecule has 1 saturated carbocycles. The first kappa shape index (κ1) is 12.5. The van der Waals surface area contributed by atoms with Crippen molar-refractivity contribution in [2.75, 3.05) is 0 Å². The zero-order valence-corrected chi connectivity index (χ0v) is 11.8. The first-order valence-electron chi connectivity index (χ1n) is 7.48. The summed E-state index contributed by atoms with van der Waals surface area (Å²) in [5, 5.41) is 2.40. The van der Waals surface area contributed by atoms with E-state index in [1.54, 1.807) is 0 Å². The molecule has 4 rings (SSSR count). The molecule has 104 valence electrons. The molecule has 1 fully saturated rings. The second-order valence-corrected chi connectivity index (χ2v) is 5.89. The second-order valence-electron chi connectivity index (χ2n) is 5.89. The van der Waals surface area contributed by atoms with Crippen molar-refractivity contribution in [2.24, 2.45) is 11.7 Å². The average Bonchev–Trinajstić information content (AvgIpc) is 3.35. The number of nitrogens with two attached hydrogens (primary N) is 1. The highest BCUT2D eigenvalue weighted by Gasteiger charge is 2.43. The Kier molecular flexibility index (Phi) is 2.97. The summed E-state index contributed by atoms with van der Waals surface area (Å²) in [6.07, 6.45) is 5.02. The minimum absolute atomic E-state index is 0.0637. The van der Waals surface area contributed by atoms with Gasteiger partial charge in [0.15, 0.2) is 0 Å². The third-order valence-electron chi connectivity index (χ3n) is 4.59. The molecule has 0 saturated heterocycles. The summed E-state index contributed by atoms with van der Waals surface area (Å²) < 4.78 is 0. The predicted molar refractivity (Wildman–Crippen MR) is 86.0 cm³/mol. The molecular formula is C19H18N2. The van der Waals surface area contributed by atoms with Crippen LogP contribution in [-0.2, 0) is 0 Å². The molecule has 1 aliphatic carbocycles. The zero-order chi connectivity index (χ0) is 14.2. The normalized spacial score (nSPS) is 22.1. The lowest BCUT2D eigenvalue weighted by atomic mass is 9.97. The highest BCUT2D eigenvalue weighted by molar-refractivity contribution is 5.85. The second kappa shape index (κ2) is 4.97. The molecule has 0 amide bonds. The van der Waals surface area contributed by atoms with Crippen molar-refractivity contribution >= 4 is 10.8 Å². The van der Waals surface area contributed by atoms with Crippen LogP contribution >= 0.6 is 0 Å². The van der Waals surface area contributed by atoms with Crippen LogP contribution in [0.2, 0.25) is 0 Å². The molecule has 2 N–H and O–H groups in total. The third-order valence-corrected chi connectivity index (χ3v) is 4.59. The standard InChI is InChI=1S/C19H18N2/c20-19(17-10-16(17)13-6-2-1-3-7-13)18-12-21-11-14-8-4-5-9-15(14)18/h1-9,11-12,16-17,19H,10,20H2. The number of benzene rings is 2. The Hall–Kier alpha value is -2.19. The van der Waals surface area contributed by atoms with E-state index in [1.165, 1.54) is 28.3 Å². The van der Waals surface area contributed by atoms with Gasteiger partial charge in [-0.25, -0.2) is 0 Å². The quantitative estimate of drug-likeness (QED) is 0.783.